The molecule has 1 spiro atoms. The molecular formula is C23H33N3O3. The number of ether oxygens (including phenoxy) is 1. The zero-order valence-corrected chi connectivity index (χ0v) is 17.6. The SMILES string of the molecule is CC(C)NC(=O)N1CCC2(CC1)CC(CC(=O)NC1CCC1)c1ccccc1O2. The standard InChI is InChI=1S/C23H33N3O3/c1-16(2)24-22(28)26-12-10-23(11-13-26)15-17(14-21(27)25-18-6-5-7-18)19-8-3-4-9-20(19)29-23/h3-4,8-9,16-18H,5-7,10-15H2,1-2H3,(H,24,28)(H,25,27). The Morgan fingerprint density at radius 1 is 1.21 bits per heavy atom. The molecule has 4 rings (SSSR count). The monoisotopic (exact) mass is 399 g/mol. The van der Waals surface area contributed by atoms with Crippen molar-refractivity contribution in [3.05, 3.63) is 29.8 Å². The lowest BCUT2D eigenvalue weighted by molar-refractivity contribution is -0.123. The summed E-state index contributed by atoms with van der Waals surface area (Å²) in [6.07, 6.45) is 6.37. The number of fused-ring (bicyclic) bond motifs is 1. The van der Waals surface area contributed by atoms with E-state index in [1.54, 1.807) is 0 Å². The second-order valence-corrected chi connectivity index (χ2v) is 9.21. The number of benzene rings is 1. The van der Waals surface area contributed by atoms with Crippen molar-refractivity contribution < 1.29 is 14.3 Å². The third-order valence-electron chi connectivity index (χ3n) is 6.58. The fraction of sp³-hybridized carbons (Fsp3) is 0.652. The molecule has 1 aromatic rings. The van der Waals surface area contributed by atoms with Gasteiger partial charge in [0.05, 0.1) is 0 Å². The summed E-state index contributed by atoms with van der Waals surface area (Å²) in [7, 11) is 0. The smallest absolute Gasteiger partial charge is 0.317 e. The largest absolute Gasteiger partial charge is 0.487 e. The van der Waals surface area contributed by atoms with Gasteiger partial charge in [0.1, 0.15) is 11.4 Å². The molecule has 6 heteroatoms. The molecule has 2 N–H and O–H groups in total. The number of nitrogens with zero attached hydrogens (tertiary/aromatic N) is 1. The fourth-order valence-corrected chi connectivity index (χ4v) is 4.75. The average molecular weight is 400 g/mol. The van der Waals surface area contributed by atoms with Crippen molar-refractivity contribution in [3.63, 3.8) is 0 Å². The summed E-state index contributed by atoms with van der Waals surface area (Å²) in [6.45, 7) is 5.32. The van der Waals surface area contributed by atoms with Crippen LogP contribution in [0.25, 0.3) is 0 Å². The summed E-state index contributed by atoms with van der Waals surface area (Å²) in [4.78, 5) is 26.9. The van der Waals surface area contributed by atoms with Crippen LogP contribution in [-0.2, 0) is 4.79 Å². The normalized spacial score (nSPS) is 23.1. The maximum Gasteiger partial charge on any atom is 0.317 e. The van der Waals surface area contributed by atoms with Crippen LogP contribution >= 0.6 is 0 Å². The molecular weight excluding hydrogens is 366 g/mol. The Bertz CT molecular complexity index is 751. The number of urea groups is 1. The highest BCUT2D eigenvalue weighted by atomic mass is 16.5. The van der Waals surface area contributed by atoms with Gasteiger partial charge >= 0.3 is 6.03 Å². The van der Waals surface area contributed by atoms with E-state index in [0.717, 1.165) is 43.4 Å². The van der Waals surface area contributed by atoms with Gasteiger partial charge in [0.2, 0.25) is 5.91 Å². The number of piperidine rings is 1. The third kappa shape index (κ3) is 4.51. The lowest BCUT2D eigenvalue weighted by Crippen LogP contribution is -2.54. The lowest BCUT2D eigenvalue weighted by Gasteiger charge is -2.47. The zero-order chi connectivity index (χ0) is 20.4. The summed E-state index contributed by atoms with van der Waals surface area (Å²) >= 11 is 0. The van der Waals surface area contributed by atoms with Gasteiger partial charge in [-0.2, -0.15) is 0 Å². The summed E-state index contributed by atoms with van der Waals surface area (Å²) < 4.78 is 6.50. The van der Waals surface area contributed by atoms with Crippen LogP contribution in [0.1, 0.15) is 70.3 Å². The number of amides is 3. The number of para-hydroxylation sites is 1. The van der Waals surface area contributed by atoms with Crippen LogP contribution in [0.3, 0.4) is 0 Å². The minimum Gasteiger partial charge on any atom is -0.487 e. The number of rotatable bonds is 4. The Balaban J connectivity index is 1.44. The minimum atomic E-state index is -0.287. The molecule has 2 heterocycles. The van der Waals surface area contributed by atoms with Crippen LogP contribution in [0.15, 0.2) is 24.3 Å². The first-order valence-electron chi connectivity index (χ1n) is 11.1. The van der Waals surface area contributed by atoms with Gasteiger partial charge in [0.25, 0.3) is 0 Å². The van der Waals surface area contributed by atoms with Crippen molar-refractivity contribution in [1.82, 2.24) is 15.5 Å². The van der Waals surface area contributed by atoms with E-state index in [1.165, 1.54) is 6.42 Å². The maximum absolute atomic E-state index is 12.6. The van der Waals surface area contributed by atoms with Crippen LogP contribution in [-0.4, -0.2) is 47.6 Å². The Labute approximate surface area is 173 Å². The van der Waals surface area contributed by atoms with Gasteiger partial charge in [-0.25, -0.2) is 4.79 Å². The van der Waals surface area contributed by atoms with Gasteiger partial charge in [-0.1, -0.05) is 18.2 Å². The van der Waals surface area contributed by atoms with E-state index in [1.807, 2.05) is 36.9 Å². The van der Waals surface area contributed by atoms with Crippen LogP contribution < -0.4 is 15.4 Å². The van der Waals surface area contributed by atoms with Crippen LogP contribution in [0.2, 0.25) is 0 Å². The predicted octanol–water partition coefficient (Wildman–Crippen LogP) is 3.56. The minimum absolute atomic E-state index is 0.00230. The number of carbonyl (C=O) groups is 2. The molecule has 1 aliphatic carbocycles. The first kappa shape index (κ1) is 20.0. The van der Waals surface area contributed by atoms with E-state index in [4.69, 9.17) is 4.74 Å². The van der Waals surface area contributed by atoms with Crippen molar-refractivity contribution >= 4 is 11.9 Å². The van der Waals surface area contributed by atoms with Crippen LogP contribution in [0, 0.1) is 0 Å². The maximum atomic E-state index is 12.6. The number of likely N-dealkylation sites (tertiary alicyclic amines) is 1. The van der Waals surface area contributed by atoms with E-state index < -0.39 is 0 Å². The first-order valence-corrected chi connectivity index (χ1v) is 11.1. The molecule has 1 saturated heterocycles. The van der Waals surface area contributed by atoms with Gasteiger partial charge in [0.15, 0.2) is 0 Å². The van der Waals surface area contributed by atoms with Gasteiger partial charge < -0.3 is 20.3 Å². The van der Waals surface area contributed by atoms with Crippen molar-refractivity contribution in [2.45, 2.75) is 82.4 Å². The van der Waals surface area contributed by atoms with Crippen LogP contribution in [0.5, 0.6) is 5.75 Å². The van der Waals surface area contributed by atoms with Crippen molar-refractivity contribution in [3.8, 4) is 5.75 Å². The molecule has 0 radical (unpaired) electrons. The van der Waals surface area contributed by atoms with Crippen LogP contribution in [0.4, 0.5) is 4.79 Å². The molecule has 1 saturated carbocycles. The quantitative estimate of drug-likeness (QED) is 0.813. The summed E-state index contributed by atoms with van der Waals surface area (Å²) in [6, 6.07) is 8.64. The predicted molar refractivity (Wildman–Crippen MR) is 112 cm³/mol. The zero-order valence-electron chi connectivity index (χ0n) is 17.6. The Kier molecular flexibility index (Phi) is 5.70. The summed E-state index contributed by atoms with van der Waals surface area (Å²) in [5, 5.41) is 6.16. The number of nitrogens with one attached hydrogen (secondary N) is 2. The molecule has 1 aromatic carbocycles. The third-order valence-corrected chi connectivity index (χ3v) is 6.58. The van der Waals surface area contributed by atoms with Gasteiger partial charge in [-0.05, 0) is 51.2 Å². The number of hydrogen-bond acceptors (Lipinski definition) is 3. The summed E-state index contributed by atoms with van der Waals surface area (Å²) in [5.74, 6) is 1.22. The second kappa shape index (κ2) is 8.25. The highest BCUT2D eigenvalue weighted by Crippen LogP contribution is 2.46. The average Bonchev–Trinajstić information content (AvgIpc) is 2.65. The van der Waals surface area contributed by atoms with Gasteiger partial charge in [-0.3, -0.25) is 4.79 Å². The number of carbonyl (C=O) groups excluding carboxylic acids is 2. The Morgan fingerprint density at radius 2 is 1.93 bits per heavy atom. The van der Waals surface area contributed by atoms with Crippen molar-refractivity contribution in [1.29, 1.82) is 0 Å². The molecule has 0 aromatic heterocycles. The van der Waals surface area contributed by atoms with Gasteiger partial charge in [-0.15, -0.1) is 0 Å². The molecule has 3 aliphatic rings. The Hall–Kier alpha value is -2.24. The van der Waals surface area contributed by atoms with Crippen molar-refractivity contribution in [2.24, 2.45) is 0 Å². The first-order chi connectivity index (χ1) is 13.9. The highest BCUT2D eigenvalue weighted by molar-refractivity contribution is 5.77. The fourth-order valence-electron chi connectivity index (χ4n) is 4.75. The summed E-state index contributed by atoms with van der Waals surface area (Å²) in [5.41, 5.74) is 0.853. The molecule has 1 atom stereocenters. The highest BCUT2D eigenvalue weighted by Gasteiger charge is 2.44. The second-order valence-electron chi connectivity index (χ2n) is 9.21. The van der Waals surface area contributed by atoms with E-state index >= 15 is 0 Å². The van der Waals surface area contributed by atoms with E-state index in [2.05, 4.69) is 16.7 Å². The molecule has 2 aliphatic heterocycles. The molecule has 158 valence electrons. The Morgan fingerprint density at radius 3 is 2.59 bits per heavy atom. The van der Waals surface area contributed by atoms with E-state index in [0.29, 0.717) is 25.6 Å². The molecule has 2 fully saturated rings. The molecule has 6 nitrogen and oxygen atoms in total. The molecule has 3 amide bonds. The molecule has 29 heavy (non-hydrogen) atoms. The molecule has 0 bridgehead atoms. The van der Waals surface area contributed by atoms with E-state index in [9.17, 15) is 9.59 Å². The van der Waals surface area contributed by atoms with Gasteiger partial charge in [0, 0.05) is 50.4 Å². The van der Waals surface area contributed by atoms with Crippen molar-refractivity contribution in [2.75, 3.05) is 13.1 Å². The number of hydrogen-bond donors (Lipinski definition) is 2. The van der Waals surface area contributed by atoms with E-state index in [-0.39, 0.29) is 29.5 Å². The molecule has 1 unspecified atom stereocenters. The topological polar surface area (TPSA) is 70.7 Å². The lowest BCUT2D eigenvalue weighted by atomic mass is 9.76.